The van der Waals surface area contributed by atoms with Gasteiger partial charge in [-0.1, -0.05) is 18.2 Å². The van der Waals surface area contributed by atoms with Crippen molar-refractivity contribution in [1.82, 2.24) is 19.8 Å². The summed E-state index contributed by atoms with van der Waals surface area (Å²) < 4.78 is 6.04. The third-order valence-electron chi connectivity index (χ3n) is 5.38. The van der Waals surface area contributed by atoms with E-state index in [4.69, 9.17) is 9.72 Å². The summed E-state index contributed by atoms with van der Waals surface area (Å²) in [5.74, 6) is -0.131. The number of ether oxygens (including phenoxy) is 1. The quantitative estimate of drug-likeness (QED) is 0.677. The van der Waals surface area contributed by atoms with Gasteiger partial charge in [0.05, 0.1) is 30.0 Å². The van der Waals surface area contributed by atoms with Crippen LogP contribution >= 0.6 is 0 Å². The largest absolute Gasteiger partial charge is 0.395 e. The van der Waals surface area contributed by atoms with Crippen LogP contribution in [0.3, 0.4) is 0 Å². The first-order valence-electron chi connectivity index (χ1n) is 10.1. The molecule has 1 unspecified atom stereocenters. The van der Waals surface area contributed by atoms with Gasteiger partial charge in [-0.2, -0.15) is 0 Å². The molecule has 1 aromatic carbocycles. The molecular formula is C23H26N4O3. The van der Waals surface area contributed by atoms with E-state index in [2.05, 4.69) is 9.88 Å². The Morgan fingerprint density at radius 3 is 2.87 bits per heavy atom. The van der Waals surface area contributed by atoms with Gasteiger partial charge in [-0.15, -0.1) is 0 Å². The van der Waals surface area contributed by atoms with Crippen LogP contribution in [-0.2, 0) is 11.3 Å². The minimum absolute atomic E-state index is 0.0756. The van der Waals surface area contributed by atoms with Gasteiger partial charge in [-0.3, -0.25) is 14.7 Å². The summed E-state index contributed by atoms with van der Waals surface area (Å²) in [7, 11) is 1.70. The fraction of sp³-hybridized carbons (Fsp3) is 0.348. The van der Waals surface area contributed by atoms with Crippen molar-refractivity contribution < 1.29 is 14.6 Å². The minimum Gasteiger partial charge on any atom is -0.395 e. The number of nitrogens with zero attached hydrogens (tertiary/aromatic N) is 4. The van der Waals surface area contributed by atoms with Crippen LogP contribution in [0.25, 0.3) is 10.9 Å². The van der Waals surface area contributed by atoms with E-state index in [-0.39, 0.29) is 25.2 Å². The van der Waals surface area contributed by atoms with E-state index in [1.807, 2.05) is 42.5 Å². The molecule has 0 saturated carbocycles. The van der Waals surface area contributed by atoms with Gasteiger partial charge in [-0.05, 0) is 29.8 Å². The van der Waals surface area contributed by atoms with Crippen molar-refractivity contribution >= 4 is 16.8 Å². The lowest BCUT2D eigenvalue weighted by Crippen LogP contribution is -2.38. The Balaban J connectivity index is 1.62. The van der Waals surface area contributed by atoms with Crippen LogP contribution in [0, 0.1) is 0 Å². The molecule has 30 heavy (non-hydrogen) atoms. The van der Waals surface area contributed by atoms with Crippen molar-refractivity contribution in [2.75, 3.05) is 39.9 Å². The van der Waals surface area contributed by atoms with E-state index in [0.717, 1.165) is 29.7 Å². The summed E-state index contributed by atoms with van der Waals surface area (Å²) in [6.07, 6.45) is 3.40. The number of rotatable bonds is 6. The van der Waals surface area contributed by atoms with Gasteiger partial charge in [-0.25, -0.2) is 4.98 Å². The molecule has 2 aromatic heterocycles. The van der Waals surface area contributed by atoms with E-state index < -0.39 is 0 Å². The molecule has 1 fully saturated rings. The van der Waals surface area contributed by atoms with Crippen LogP contribution in [0.15, 0.2) is 54.9 Å². The molecule has 7 heteroatoms. The first-order chi connectivity index (χ1) is 14.7. The molecule has 1 N–H and O–H groups in total. The fourth-order valence-electron chi connectivity index (χ4n) is 3.77. The average Bonchev–Trinajstić information content (AvgIpc) is 2.79. The lowest BCUT2D eigenvalue weighted by molar-refractivity contribution is -0.0348. The second-order valence-corrected chi connectivity index (χ2v) is 7.51. The highest BCUT2D eigenvalue weighted by molar-refractivity contribution is 6.06. The van der Waals surface area contributed by atoms with Gasteiger partial charge in [0.1, 0.15) is 6.10 Å². The summed E-state index contributed by atoms with van der Waals surface area (Å²) in [4.78, 5) is 25.8. The third-order valence-corrected chi connectivity index (χ3v) is 5.38. The smallest absolute Gasteiger partial charge is 0.254 e. The zero-order valence-corrected chi connectivity index (χ0v) is 17.1. The molecule has 4 rings (SSSR count). The number of carbonyl (C=O) groups is 1. The predicted molar refractivity (Wildman–Crippen MR) is 114 cm³/mol. The van der Waals surface area contributed by atoms with E-state index in [1.54, 1.807) is 19.4 Å². The number of para-hydroxylation sites is 1. The number of aliphatic hydroxyl groups is 1. The number of hydrogen-bond donors (Lipinski definition) is 1. The van der Waals surface area contributed by atoms with E-state index in [9.17, 15) is 9.90 Å². The number of hydrogen-bond acceptors (Lipinski definition) is 6. The Kier molecular flexibility index (Phi) is 6.32. The molecule has 7 nitrogen and oxygen atoms in total. The Morgan fingerprint density at radius 1 is 1.27 bits per heavy atom. The number of carbonyl (C=O) groups excluding carboxylic acids is 1. The standard InChI is InChI=1S/C23H26N4O3/c1-26(10-12-28)23(29)19-14-21(25-20-5-3-2-4-18(19)20)22-16-27(11-13-30-22)15-17-6-8-24-9-7-17/h2-9,14,22,28H,10-13,15-16H2,1H3. The molecule has 3 heterocycles. The van der Waals surface area contributed by atoms with Crippen LogP contribution in [0.5, 0.6) is 0 Å². The lowest BCUT2D eigenvalue weighted by atomic mass is 10.0. The van der Waals surface area contributed by atoms with Crippen LogP contribution in [-0.4, -0.2) is 70.7 Å². The Hall–Kier alpha value is -2.87. The highest BCUT2D eigenvalue weighted by Gasteiger charge is 2.26. The summed E-state index contributed by atoms with van der Waals surface area (Å²) in [6, 6.07) is 13.5. The monoisotopic (exact) mass is 406 g/mol. The van der Waals surface area contributed by atoms with Crippen molar-refractivity contribution in [3.8, 4) is 0 Å². The summed E-state index contributed by atoms with van der Waals surface area (Å²) in [6.45, 7) is 3.18. The van der Waals surface area contributed by atoms with Gasteiger partial charge in [0.2, 0.25) is 0 Å². The highest BCUT2D eigenvalue weighted by Crippen LogP contribution is 2.27. The van der Waals surface area contributed by atoms with E-state index >= 15 is 0 Å². The van der Waals surface area contributed by atoms with Crippen LogP contribution < -0.4 is 0 Å². The van der Waals surface area contributed by atoms with Crippen molar-refractivity contribution in [2.24, 2.45) is 0 Å². The van der Waals surface area contributed by atoms with Gasteiger partial charge in [0.15, 0.2) is 0 Å². The summed E-state index contributed by atoms with van der Waals surface area (Å²) in [5.41, 5.74) is 3.32. The third kappa shape index (κ3) is 4.48. The van der Waals surface area contributed by atoms with Gasteiger partial charge in [0.25, 0.3) is 5.91 Å². The molecule has 0 aliphatic carbocycles. The molecule has 1 saturated heterocycles. The molecule has 0 bridgehead atoms. The molecule has 3 aromatic rings. The second kappa shape index (κ2) is 9.30. The summed E-state index contributed by atoms with van der Waals surface area (Å²) in [5, 5.41) is 10.0. The van der Waals surface area contributed by atoms with Crippen LogP contribution in [0.1, 0.15) is 27.7 Å². The topological polar surface area (TPSA) is 78.8 Å². The van der Waals surface area contributed by atoms with E-state index in [1.165, 1.54) is 10.5 Å². The number of fused-ring (bicyclic) bond motifs is 1. The van der Waals surface area contributed by atoms with Crippen molar-refractivity contribution in [3.63, 3.8) is 0 Å². The Bertz CT molecular complexity index is 1010. The van der Waals surface area contributed by atoms with Crippen molar-refractivity contribution in [3.05, 3.63) is 71.7 Å². The normalized spacial score (nSPS) is 17.2. The van der Waals surface area contributed by atoms with Crippen molar-refractivity contribution in [1.29, 1.82) is 0 Å². The van der Waals surface area contributed by atoms with Crippen molar-refractivity contribution in [2.45, 2.75) is 12.6 Å². The number of aromatic nitrogens is 2. The van der Waals surface area contributed by atoms with E-state index in [0.29, 0.717) is 18.7 Å². The molecule has 1 aliphatic heterocycles. The average molecular weight is 406 g/mol. The molecule has 156 valence electrons. The maximum absolute atomic E-state index is 13.0. The zero-order valence-electron chi connectivity index (χ0n) is 17.1. The van der Waals surface area contributed by atoms with Gasteiger partial charge in [0, 0.05) is 51.0 Å². The minimum atomic E-state index is -0.208. The Morgan fingerprint density at radius 2 is 2.07 bits per heavy atom. The number of pyridine rings is 2. The number of morpholine rings is 1. The number of benzene rings is 1. The molecule has 1 atom stereocenters. The number of likely N-dealkylation sites (N-methyl/N-ethyl adjacent to an activating group) is 1. The lowest BCUT2D eigenvalue weighted by Gasteiger charge is -2.33. The molecular weight excluding hydrogens is 380 g/mol. The maximum Gasteiger partial charge on any atom is 0.254 e. The molecule has 0 spiro atoms. The van der Waals surface area contributed by atoms with Crippen LogP contribution in [0.2, 0.25) is 0 Å². The molecule has 1 aliphatic rings. The fourth-order valence-corrected chi connectivity index (χ4v) is 3.77. The Labute approximate surface area is 175 Å². The van der Waals surface area contributed by atoms with Gasteiger partial charge >= 0.3 is 0 Å². The van der Waals surface area contributed by atoms with Gasteiger partial charge < -0.3 is 14.7 Å². The number of amides is 1. The van der Waals surface area contributed by atoms with Crippen LogP contribution in [0.4, 0.5) is 0 Å². The zero-order chi connectivity index (χ0) is 20.9. The summed E-state index contributed by atoms with van der Waals surface area (Å²) >= 11 is 0. The SMILES string of the molecule is CN(CCO)C(=O)c1cc(C2CN(Cc3ccncc3)CCO2)nc2ccccc12. The maximum atomic E-state index is 13.0. The predicted octanol–water partition coefficient (Wildman–Crippen LogP) is 2.27. The first kappa shape index (κ1) is 20.4. The highest BCUT2D eigenvalue weighted by atomic mass is 16.5. The molecule has 0 radical (unpaired) electrons. The molecule has 1 amide bonds. The number of aliphatic hydroxyl groups excluding tert-OH is 1. The second-order valence-electron chi connectivity index (χ2n) is 7.51. The first-order valence-corrected chi connectivity index (χ1v) is 10.1.